The standard InChI is InChI=1S/C21H27N5/c1-3-25(4-2)19-10-11-24(16-19)14-17-12-22-21-20(13-23-26(21)15-17)18-8-6-5-7-9-18/h5-9,12-13,15,19H,3-4,10-11,14,16H2,1-2H3/t19-/m0/s1. The van der Waals surface area contributed by atoms with Crippen LogP contribution in [0.3, 0.4) is 0 Å². The van der Waals surface area contributed by atoms with Gasteiger partial charge in [0.2, 0.25) is 0 Å². The Kier molecular flexibility index (Phi) is 5.00. The van der Waals surface area contributed by atoms with Crippen molar-refractivity contribution >= 4 is 5.65 Å². The third-order valence-corrected chi connectivity index (χ3v) is 5.48. The minimum atomic E-state index is 0.691. The summed E-state index contributed by atoms with van der Waals surface area (Å²) in [4.78, 5) is 9.82. The van der Waals surface area contributed by atoms with E-state index in [1.165, 1.54) is 12.0 Å². The zero-order valence-corrected chi connectivity index (χ0v) is 15.7. The summed E-state index contributed by atoms with van der Waals surface area (Å²) in [7, 11) is 0. The third-order valence-electron chi connectivity index (χ3n) is 5.48. The van der Waals surface area contributed by atoms with Crippen LogP contribution in [-0.4, -0.2) is 56.6 Å². The van der Waals surface area contributed by atoms with Gasteiger partial charge in [0.15, 0.2) is 5.65 Å². The maximum absolute atomic E-state index is 4.71. The summed E-state index contributed by atoms with van der Waals surface area (Å²) in [6.45, 7) is 10.0. The Morgan fingerprint density at radius 1 is 1.12 bits per heavy atom. The minimum Gasteiger partial charge on any atom is -0.300 e. The van der Waals surface area contributed by atoms with Gasteiger partial charge in [0, 0.05) is 49.2 Å². The minimum absolute atomic E-state index is 0.691. The van der Waals surface area contributed by atoms with Gasteiger partial charge in [-0.15, -0.1) is 0 Å². The normalized spacial score (nSPS) is 18.2. The molecule has 0 saturated carbocycles. The fraction of sp³-hybridized carbons (Fsp3) is 0.429. The molecule has 0 bridgehead atoms. The average molecular weight is 349 g/mol. The summed E-state index contributed by atoms with van der Waals surface area (Å²) in [5.41, 5.74) is 4.38. The number of hydrogen-bond acceptors (Lipinski definition) is 4. The van der Waals surface area contributed by atoms with Gasteiger partial charge in [-0.05, 0) is 25.1 Å². The monoisotopic (exact) mass is 349 g/mol. The molecule has 1 fully saturated rings. The molecule has 1 atom stereocenters. The molecule has 0 N–H and O–H groups in total. The first-order chi connectivity index (χ1) is 12.8. The smallest absolute Gasteiger partial charge is 0.162 e. The van der Waals surface area contributed by atoms with E-state index in [1.807, 2.05) is 35.1 Å². The quantitative estimate of drug-likeness (QED) is 0.684. The lowest BCUT2D eigenvalue weighted by atomic mass is 10.1. The van der Waals surface area contributed by atoms with E-state index < -0.39 is 0 Å². The highest BCUT2D eigenvalue weighted by Crippen LogP contribution is 2.23. The summed E-state index contributed by atoms with van der Waals surface area (Å²) in [5, 5.41) is 4.53. The predicted molar refractivity (Wildman–Crippen MR) is 105 cm³/mol. The van der Waals surface area contributed by atoms with Crippen LogP contribution in [0.2, 0.25) is 0 Å². The van der Waals surface area contributed by atoms with E-state index in [0.29, 0.717) is 6.04 Å². The van der Waals surface area contributed by atoms with Crippen molar-refractivity contribution in [3.63, 3.8) is 0 Å². The molecule has 1 aromatic carbocycles. The van der Waals surface area contributed by atoms with Gasteiger partial charge in [-0.2, -0.15) is 5.10 Å². The molecular weight excluding hydrogens is 322 g/mol. The molecule has 0 radical (unpaired) electrons. The van der Waals surface area contributed by atoms with E-state index in [9.17, 15) is 0 Å². The first-order valence-electron chi connectivity index (χ1n) is 9.62. The topological polar surface area (TPSA) is 36.7 Å². The van der Waals surface area contributed by atoms with Gasteiger partial charge in [-0.25, -0.2) is 9.50 Å². The third kappa shape index (κ3) is 3.37. The Hall–Kier alpha value is -2.24. The van der Waals surface area contributed by atoms with Gasteiger partial charge in [0.25, 0.3) is 0 Å². The van der Waals surface area contributed by atoms with Gasteiger partial charge >= 0.3 is 0 Å². The molecule has 1 aliphatic heterocycles. The molecule has 26 heavy (non-hydrogen) atoms. The zero-order chi connectivity index (χ0) is 17.9. The highest BCUT2D eigenvalue weighted by atomic mass is 15.3. The van der Waals surface area contributed by atoms with E-state index in [1.54, 1.807) is 0 Å². The molecule has 0 spiro atoms. The molecule has 0 amide bonds. The van der Waals surface area contributed by atoms with Crippen LogP contribution in [0.15, 0.2) is 48.9 Å². The maximum atomic E-state index is 4.71. The number of hydrogen-bond donors (Lipinski definition) is 0. The summed E-state index contributed by atoms with van der Waals surface area (Å²) >= 11 is 0. The lowest BCUT2D eigenvalue weighted by Crippen LogP contribution is -2.37. The second-order valence-corrected chi connectivity index (χ2v) is 7.05. The Labute approximate surface area is 155 Å². The summed E-state index contributed by atoms with van der Waals surface area (Å²) in [6.07, 6.45) is 7.30. The van der Waals surface area contributed by atoms with Crippen molar-refractivity contribution in [1.82, 2.24) is 24.4 Å². The molecular formula is C21H27N5. The number of likely N-dealkylation sites (tertiary alicyclic amines) is 1. The lowest BCUT2D eigenvalue weighted by Gasteiger charge is -2.26. The predicted octanol–water partition coefficient (Wildman–Crippen LogP) is 3.31. The van der Waals surface area contributed by atoms with Crippen LogP contribution in [0.4, 0.5) is 0 Å². The van der Waals surface area contributed by atoms with Crippen LogP contribution in [0.25, 0.3) is 16.8 Å². The fourth-order valence-electron chi connectivity index (χ4n) is 4.07. The molecule has 3 heterocycles. The molecule has 0 unspecified atom stereocenters. The number of rotatable bonds is 6. The average Bonchev–Trinajstić information content (AvgIpc) is 3.30. The second-order valence-electron chi connectivity index (χ2n) is 7.05. The SMILES string of the molecule is CCN(CC)[C@H]1CCN(Cc2cnc3c(-c4ccccc4)cnn3c2)C1. The highest BCUT2D eigenvalue weighted by Gasteiger charge is 2.26. The van der Waals surface area contributed by atoms with Gasteiger partial charge in [-0.1, -0.05) is 44.2 Å². The second kappa shape index (κ2) is 7.56. The fourth-order valence-corrected chi connectivity index (χ4v) is 4.07. The van der Waals surface area contributed by atoms with Crippen LogP contribution < -0.4 is 0 Å². The van der Waals surface area contributed by atoms with Crippen molar-refractivity contribution in [1.29, 1.82) is 0 Å². The zero-order valence-electron chi connectivity index (χ0n) is 15.7. The number of aromatic nitrogens is 3. The molecule has 136 valence electrons. The van der Waals surface area contributed by atoms with Gasteiger partial charge < -0.3 is 0 Å². The Bertz CT molecular complexity index is 853. The van der Waals surface area contributed by atoms with E-state index in [0.717, 1.165) is 49.5 Å². The van der Waals surface area contributed by atoms with Crippen molar-refractivity contribution < 1.29 is 0 Å². The van der Waals surface area contributed by atoms with Crippen LogP contribution in [0.1, 0.15) is 25.8 Å². The molecule has 4 rings (SSSR count). The Balaban J connectivity index is 1.49. The van der Waals surface area contributed by atoms with E-state index >= 15 is 0 Å². The van der Waals surface area contributed by atoms with Crippen LogP contribution in [0, 0.1) is 0 Å². The van der Waals surface area contributed by atoms with Gasteiger partial charge in [0.1, 0.15) is 0 Å². The Morgan fingerprint density at radius 3 is 2.69 bits per heavy atom. The van der Waals surface area contributed by atoms with E-state index in [2.05, 4.69) is 47.1 Å². The molecule has 2 aromatic heterocycles. The van der Waals surface area contributed by atoms with Gasteiger partial charge in [-0.3, -0.25) is 9.80 Å². The van der Waals surface area contributed by atoms with Crippen molar-refractivity contribution in [2.75, 3.05) is 26.2 Å². The van der Waals surface area contributed by atoms with Gasteiger partial charge in [0.05, 0.1) is 6.20 Å². The number of fused-ring (bicyclic) bond motifs is 1. The largest absolute Gasteiger partial charge is 0.300 e. The molecule has 0 aliphatic carbocycles. The van der Waals surface area contributed by atoms with E-state index in [-0.39, 0.29) is 0 Å². The first-order valence-corrected chi connectivity index (χ1v) is 9.62. The van der Waals surface area contributed by atoms with Crippen molar-refractivity contribution in [2.45, 2.75) is 32.9 Å². The summed E-state index contributed by atoms with van der Waals surface area (Å²) in [6, 6.07) is 11.0. The van der Waals surface area contributed by atoms with Crippen LogP contribution in [0.5, 0.6) is 0 Å². The highest BCUT2D eigenvalue weighted by molar-refractivity contribution is 5.76. The summed E-state index contributed by atoms with van der Waals surface area (Å²) in [5.74, 6) is 0. The number of nitrogens with zero attached hydrogens (tertiary/aromatic N) is 5. The Morgan fingerprint density at radius 2 is 1.92 bits per heavy atom. The molecule has 3 aromatic rings. The molecule has 5 nitrogen and oxygen atoms in total. The van der Waals surface area contributed by atoms with Crippen molar-refractivity contribution in [3.8, 4) is 11.1 Å². The molecule has 5 heteroatoms. The first kappa shape index (κ1) is 17.2. The number of likely N-dealkylation sites (N-methyl/N-ethyl adjacent to an activating group) is 1. The van der Waals surface area contributed by atoms with Crippen LogP contribution >= 0.6 is 0 Å². The molecule has 1 aliphatic rings. The van der Waals surface area contributed by atoms with E-state index in [4.69, 9.17) is 4.98 Å². The number of benzene rings is 1. The van der Waals surface area contributed by atoms with Crippen molar-refractivity contribution in [3.05, 3.63) is 54.5 Å². The van der Waals surface area contributed by atoms with Crippen molar-refractivity contribution in [2.24, 2.45) is 0 Å². The molecule has 1 saturated heterocycles. The lowest BCUT2D eigenvalue weighted by molar-refractivity contribution is 0.209. The van der Waals surface area contributed by atoms with Crippen LogP contribution in [-0.2, 0) is 6.54 Å². The summed E-state index contributed by atoms with van der Waals surface area (Å²) < 4.78 is 1.91. The maximum Gasteiger partial charge on any atom is 0.162 e.